The largest absolute Gasteiger partial charge is 0.399 e. The fourth-order valence-electron chi connectivity index (χ4n) is 1.54. The number of sulfonamides is 1. The molecule has 0 aromatic heterocycles. The molecule has 0 aliphatic heterocycles. The van der Waals surface area contributed by atoms with Crippen LogP contribution in [0.3, 0.4) is 0 Å². The number of nitrogens with zero attached hydrogens (tertiary/aromatic N) is 1. The molecule has 6 nitrogen and oxygen atoms in total. The summed E-state index contributed by atoms with van der Waals surface area (Å²) in [5.41, 5.74) is 6.46. The second-order valence-corrected chi connectivity index (χ2v) is 5.42. The molecule has 0 unspecified atom stereocenters. The number of anilines is 2. The molecule has 0 heterocycles. The maximum Gasteiger partial charge on any atom is 0.240 e. The number of primary sulfonamides is 1. The van der Waals surface area contributed by atoms with Crippen molar-refractivity contribution in [3.05, 3.63) is 18.2 Å². The number of nitrogens with two attached hydrogens (primary N) is 2. The van der Waals surface area contributed by atoms with Crippen LogP contribution in [0.1, 0.15) is 6.92 Å². The summed E-state index contributed by atoms with van der Waals surface area (Å²) in [6, 6.07) is 4.64. The van der Waals surface area contributed by atoms with Crippen LogP contribution >= 0.6 is 0 Å². The molecule has 18 heavy (non-hydrogen) atoms. The van der Waals surface area contributed by atoms with Crippen LogP contribution in [0.25, 0.3) is 0 Å². The van der Waals surface area contributed by atoms with Gasteiger partial charge in [-0.05, 0) is 25.1 Å². The average molecular weight is 273 g/mol. The summed E-state index contributed by atoms with van der Waals surface area (Å²) in [5.74, 6) is 0. The number of hydrogen-bond donors (Lipinski definition) is 2. The predicted molar refractivity (Wildman–Crippen MR) is 72.0 cm³/mol. The summed E-state index contributed by atoms with van der Waals surface area (Å²) in [6.07, 6.45) is 0. The van der Waals surface area contributed by atoms with Crippen LogP contribution in [0.15, 0.2) is 23.1 Å². The molecule has 0 spiro atoms. The van der Waals surface area contributed by atoms with Gasteiger partial charge in [0.1, 0.15) is 4.90 Å². The van der Waals surface area contributed by atoms with Crippen molar-refractivity contribution in [1.29, 1.82) is 0 Å². The lowest BCUT2D eigenvalue weighted by atomic mass is 10.2. The maximum absolute atomic E-state index is 11.5. The Labute approximate surface area is 108 Å². The zero-order valence-corrected chi connectivity index (χ0v) is 11.4. The number of hydrogen-bond acceptors (Lipinski definition) is 5. The first-order chi connectivity index (χ1) is 8.36. The summed E-state index contributed by atoms with van der Waals surface area (Å²) in [7, 11) is -2.02. The predicted octanol–water partition coefficient (Wildman–Crippen LogP) is 0.389. The number of nitrogen functional groups attached to an aromatic ring is 1. The maximum atomic E-state index is 11.5. The molecule has 0 fully saturated rings. The van der Waals surface area contributed by atoms with Crippen LogP contribution in [-0.4, -0.2) is 35.2 Å². The number of ether oxygens (including phenoxy) is 1. The van der Waals surface area contributed by atoms with Gasteiger partial charge in [0.2, 0.25) is 10.0 Å². The molecule has 0 bridgehead atoms. The van der Waals surface area contributed by atoms with Crippen LogP contribution in [0.4, 0.5) is 11.4 Å². The molecule has 1 rings (SSSR count). The zero-order valence-electron chi connectivity index (χ0n) is 10.6. The third kappa shape index (κ3) is 3.86. The first-order valence-corrected chi connectivity index (χ1v) is 7.12. The Bertz CT molecular complexity index is 502. The minimum absolute atomic E-state index is 0.0292. The Morgan fingerprint density at radius 3 is 2.61 bits per heavy atom. The highest BCUT2D eigenvalue weighted by Gasteiger charge is 2.17. The fourth-order valence-corrected chi connectivity index (χ4v) is 2.36. The van der Waals surface area contributed by atoms with E-state index in [1.54, 1.807) is 24.1 Å². The number of likely N-dealkylation sites (N-methyl/N-ethyl adjacent to an activating group) is 1. The lowest BCUT2D eigenvalue weighted by molar-refractivity contribution is 0.154. The summed E-state index contributed by atoms with van der Waals surface area (Å²) in [5, 5.41) is 5.18. The third-order valence-corrected chi connectivity index (χ3v) is 3.42. The van der Waals surface area contributed by atoms with Gasteiger partial charge in [0.25, 0.3) is 0 Å². The molecular weight excluding hydrogens is 254 g/mol. The van der Waals surface area contributed by atoms with Gasteiger partial charge in [0.15, 0.2) is 0 Å². The van der Waals surface area contributed by atoms with Gasteiger partial charge in [-0.25, -0.2) is 13.6 Å². The van der Waals surface area contributed by atoms with Gasteiger partial charge >= 0.3 is 0 Å². The first kappa shape index (κ1) is 14.7. The van der Waals surface area contributed by atoms with E-state index in [0.29, 0.717) is 31.1 Å². The molecule has 0 amide bonds. The molecule has 0 saturated carbocycles. The Morgan fingerprint density at radius 2 is 2.06 bits per heavy atom. The van der Waals surface area contributed by atoms with Crippen LogP contribution in [0.5, 0.6) is 0 Å². The van der Waals surface area contributed by atoms with Crippen molar-refractivity contribution in [2.24, 2.45) is 5.14 Å². The second kappa shape index (κ2) is 6.03. The van der Waals surface area contributed by atoms with Gasteiger partial charge in [-0.15, -0.1) is 0 Å². The van der Waals surface area contributed by atoms with Crippen molar-refractivity contribution >= 4 is 21.4 Å². The van der Waals surface area contributed by atoms with Crippen LogP contribution in [-0.2, 0) is 14.8 Å². The van der Waals surface area contributed by atoms with E-state index in [1.807, 2.05) is 6.92 Å². The van der Waals surface area contributed by atoms with Crippen molar-refractivity contribution in [3.8, 4) is 0 Å². The zero-order chi connectivity index (χ0) is 13.8. The summed E-state index contributed by atoms with van der Waals surface area (Å²) in [4.78, 5) is 1.80. The van der Waals surface area contributed by atoms with Gasteiger partial charge in [0, 0.05) is 25.9 Å². The second-order valence-electron chi connectivity index (χ2n) is 3.89. The highest BCUT2D eigenvalue weighted by Crippen LogP contribution is 2.25. The van der Waals surface area contributed by atoms with E-state index in [-0.39, 0.29) is 4.90 Å². The van der Waals surface area contributed by atoms with Crippen molar-refractivity contribution in [1.82, 2.24) is 0 Å². The summed E-state index contributed by atoms with van der Waals surface area (Å²) >= 11 is 0. The average Bonchev–Trinajstić information content (AvgIpc) is 2.28. The lowest BCUT2D eigenvalue weighted by Gasteiger charge is -2.21. The van der Waals surface area contributed by atoms with Gasteiger partial charge in [-0.1, -0.05) is 0 Å². The summed E-state index contributed by atoms with van der Waals surface area (Å²) < 4.78 is 28.2. The van der Waals surface area contributed by atoms with E-state index in [4.69, 9.17) is 15.6 Å². The quantitative estimate of drug-likeness (QED) is 0.577. The Morgan fingerprint density at radius 1 is 1.39 bits per heavy atom. The van der Waals surface area contributed by atoms with Gasteiger partial charge in [0.05, 0.1) is 12.3 Å². The third-order valence-electron chi connectivity index (χ3n) is 2.48. The van der Waals surface area contributed by atoms with E-state index in [0.717, 1.165) is 0 Å². The van der Waals surface area contributed by atoms with Crippen LogP contribution < -0.4 is 15.8 Å². The normalized spacial score (nSPS) is 11.5. The molecule has 0 aliphatic rings. The molecule has 7 heteroatoms. The molecule has 0 aliphatic carbocycles. The number of benzene rings is 1. The van der Waals surface area contributed by atoms with Crippen molar-refractivity contribution in [2.45, 2.75) is 11.8 Å². The molecular formula is C11H19N3O3S. The molecule has 0 radical (unpaired) electrons. The molecule has 0 saturated heterocycles. The molecule has 102 valence electrons. The Balaban J connectivity index is 3.01. The van der Waals surface area contributed by atoms with E-state index in [1.165, 1.54) is 6.07 Å². The fraction of sp³-hybridized carbons (Fsp3) is 0.455. The first-order valence-electron chi connectivity index (χ1n) is 5.57. The monoisotopic (exact) mass is 273 g/mol. The minimum atomic E-state index is -3.79. The van der Waals surface area contributed by atoms with Crippen LogP contribution in [0.2, 0.25) is 0 Å². The minimum Gasteiger partial charge on any atom is -0.399 e. The van der Waals surface area contributed by atoms with E-state index >= 15 is 0 Å². The van der Waals surface area contributed by atoms with E-state index in [9.17, 15) is 8.42 Å². The molecule has 4 N–H and O–H groups in total. The molecule has 0 atom stereocenters. The van der Waals surface area contributed by atoms with E-state index in [2.05, 4.69) is 0 Å². The lowest BCUT2D eigenvalue weighted by Crippen LogP contribution is -2.26. The van der Waals surface area contributed by atoms with Crippen molar-refractivity contribution in [3.63, 3.8) is 0 Å². The van der Waals surface area contributed by atoms with Gasteiger partial charge in [-0.3, -0.25) is 0 Å². The molecule has 1 aromatic rings. The Hall–Kier alpha value is -1.31. The van der Waals surface area contributed by atoms with Crippen LogP contribution in [0, 0.1) is 0 Å². The Kier molecular flexibility index (Phi) is 4.94. The van der Waals surface area contributed by atoms with Gasteiger partial charge in [-0.2, -0.15) is 0 Å². The van der Waals surface area contributed by atoms with E-state index < -0.39 is 10.0 Å². The highest BCUT2D eigenvalue weighted by molar-refractivity contribution is 7.89. The summed E-state index contributed by atoms with van der Waals surface area (Å²) in [6.45, 7) is 3.61. The molecule has 1 aromatic carbocycles. The SMILES string of the molecule is CCOCCN(C)c1ccc(N)cc1S(N)(=O)=O. The van der Waals surface area contributed by atoms with Crippen molar-refractivity contribution < 1.29 is 13.2 Å². The number of rotatable bonds is 6. The highest BCUT2D eigenvalue weighted by atomic mass is 32.2. The standard InChI is InChI=1S/C11H19N3O3S/c1-3-17-7-6-14(2)10-5-4-9(12)8-11(10)18(13,15)16/h4-5,8H,3,6-7,12H2,1-2H3,(H2,13,15,16). The smallest absolute Gasteiger partial charge is 0.240 e. The topological polar surface area (TPSA) is 98.7 Å². The van der Waals surface area contributed by atoms with Gasteiger partial charge < -0.3 is 15.4 Å². The van der Waals surface area contributed by atoms with Crippen molar-refractivity contribution in [2.75, 3.05) is 37.4 Å².